The fourth-order valence-electron chi connectivity index (χ4n) is 2.49. The molecule has 0 aliphatic carbocycles. The van der Waals surface area contributed by atoms with Gasteiger partial charge in [0.2, 0.25) is 0 Å². The fourth-order valence-corrected chi connectivity index (χ4v) is 2.74. The van der Waals surface area contributed by atoms with Crippen molar-refractivity contribution in [3.8, 4) is 0 Å². The summed E-state index contributed by atoms with van der Waals surface area (Å²) in [5.41, 5.74) is 2.29. The van der Waals surface area contributed by atoms with Gasteiger partial charge < -0.3 is 4.57 Å². The van der Waals surface area contributed by atoms with E-state index in [1.165, 1.54) is 5.56 Å². The van der Waals surface area contributed by atoms with Crippen LogP contribution in [0.5, 0.6) is 0 Å². The summed E-state index contributed by atoms with van der Waals surface area (Å²) in [6.07, 6.45) is 3.75. The van der Waals surface area contributed by atoms with E-state index in [1.807, 2.05) is 72.5 Å². The van der Waals surface area contributed by atoms with Crippen molar-refractivity contribution in [1.82, 2.24) is 14.9 Å². The van der Waals surface area contributed by atoms with Gasteiger partial charge in [0.25, 0.3) is 0 Å². The Bertz CT molecular complexity index is 767. The lowest BCUT2D eigenvalue weighted by Gasteiger charge is -2.19. The van der Waals surface area contributed by atoms with Gasteiger partial charge in [0, 0.05) is 36.0 Å². The fraction of sp³-hybridized carbons (Fsp3) is 0.167. The van der Waals surface area contributed by atoms with E-state index in [9.17, 15) is 0 Å². The number of halogens is 3. The van der Waals surface area contributed by atoms with E-state index in [-0.39, 0.29) is 18.4 Å². The lowest BCUT2D eigenvalue weighted by molar-refractivity contribution is 0.558. The number of aromatic nitrogens is 2. The Labute approximate surface area is 158 Å². The number of nitrogens with one attached hydrogen (secondary N) is 1. The van der Waals surface area contributed by atoms with Crippen LogP contribution in [0.15, 0.2) is 60.9 Å². The molecule has 0 amide bonds. The van der Waals surface area contributed by atoms with E-state index in [2.05, 4.69) is 10.3 Å². The van der Waals surface area contributed by atoms with E-state index < -0.39 is 0 Å². The van der Waals surface area contributed by atoms with Crippen molar-refractivity contribution < 1.29 is 0 Å². The Hall–Kier alpha value is -1.52. The molecular weight excluding hydrogens is 365 g/mol. The smallest absolute Gasteiger partial charge is 0.130 e. The highest BCUT2D eigenvalue weighted by molar-refractivity contribution is 6.30. The van der Waals surface area contributed by atoms with Gasteiger partial charge in [-0.3, -0.25) is 5.32 Å². The zero-order valence-corrected chi connectivity index (χ0v) is 15.4. The van der Waals surface area contributed by atoms with Gasteiger partial charge in [-0.2, -0.15) is 0 Å². The lowest BCUT2D eigenvalue weighted by atomic mass is 10.1. The molecule has 1 heterocycles. The minimum absolute atomic E-state index is 0. The van der Waals surface area contributed by atoms with Crippen molar-refractivity contribution in [3.05, 3.63) is 87.9 Å². The third-order valence-electron chi connectivity index (χ3n) is 3.74. The molecule has 126 valence electrons. The van der Waals surface area contributed by atoms with Gasteiger partial charge in [-0.1, -0.05) is 47.5 Å². The molecule has 2 aromatic carbocycles. The third-order valence-corrected chi connectivity index (χ3v) is 4.25. The highest BCUT2D eigenvalue weighted by atomic mass is 35.5. The summed E-state index contributed by atoms with van der Waals surface area (Å²) in [4.78, 5) is 4.49. The summed E-state index contributed by atoms with van der Waals surface area (Å²) < 4.78 is 2.02. The van der Waals surface area contributed by atoms with Gasteiger partial charge in [0.1, 0.15) is 5.82 Å². The molecule has 1 unspecified atom stereocenters. The molecule has 3 aromatic rings. The van der Waals surface area contributed by atoms with E-state index in [1.54, 1.807) is 0 Å². The van der Waals surface area contributed by atoms with E-state index in [4.69, 9.17) is 23.2 Å². The summed E-state index contributed by atoms with van der Waals surface area (Å²) in [6.45, 7) is 0.720. The topological polar surface area (TPSA) is 29.9 Å². The normalized spacial score (nSPS) is 11.8. The van der Waals surface area contributed by atoms with E-state index in [0.717, 1.165) is 28.0 Å². The molecule has 1 aromatic heterocycles. The Morgan fingerprint density at radius 1 is 1.00 bits per heavy atom. The largest absolute Gasteiger partial charge is 0.336 e. The van der Waals surface area contributed by atoms with Crippen molar-refractivity contribution in [2.24, 2.45) is 7.05 Å². The summed E-state index contributed by atoms with van der Waals surface area (Å²) in [6, 6.07) is 15.7. The van der Waals surface area contributed by atoms with Crippen LogP contribution in [0.25, 0.3) is 0 Å². The molecule has 6 heteroatoms. The number of rotatable bonds is 5. The van der Waals surface area contributed by atoms with Crippen molar-refractivity contribution in [2.75, 3.05) is 0 Å². The van der Waals surface area contributed by atoms with Gasteiger partial charge in [0.05, 0.1) is 6.04 Å². The molecule has 3 rings (SSSR count). The van der Waals surface area contributed by atoms with Gasteiger partial charge in [-0.15, -0.1) is 12.4 Å². The van der Waals surface area contributed by atoms with E-state index in [0.29, 0.717) is 0 Å². The highest BCUT2D eigenvalue weighted by Gasteiger charge is 2.17. The predicted molar refractivity (Wildman–Crippen MR) is 102 cm³/mol. The number of hydrogen-bond acceptors (Lipinski definition) is 2. The second-order valence-electron chi connectivity index (χ2n) is 5.39. The maximum atomic E-state index is 6.01. The summed E-state index contributed by atoms with van der Waals surface area (Å²) in [7, 11) is 2.00. The average Bonchev–Trinajstić information content (AvgIpc) is 2.97. The third kappa shape index (κ3) is 4.52. The zero-order valence-electron chi connectivity index (χ0n) is 13.1. The minimum atomic E-state index is -0.0112. The van der Waals surface area contributed by atoms with Crippen LogP contribution in [-0.4, -0.2) is 9.55 Å². The number of hydrogen-bond donors (Lipinski definition) is 1. The quantitative estimate of drug-likeness (QED) is 0.671. The summed E-state index contributed by atoms with van der Waals surface area (Å²) >= 11 is 11.9. The van der Waals surface area contributed by atoms with Crippen LogP contribution in [0, 0.1) is 0 Å². The molecule has 3 nitrogen and oxygen atoms in total. The number of nitrogens with zero attached hydrogens (tertiary/aromatic N) is 2. The first kappa shape index (κ1) is 18.8. The predicted octanol–water partition coefficient (Wildman–Crippen LogP) is 5.03. The van der Waals surface area contributed by atoms with Crippen LogP contribution < -0.4 is 5.32 Å². The molecule has 0 aliphatic heterocycles. The summed E-state index contributed by atoms with van der Waals surface area (Å²) in [5.74, 6) is 0.960. The Balaban J connectivity index is 0.00000208. The molecule has 1 atom stereocenters. The number of aryl methyl sites for hydroxylation is 1. The zero-order chi connectivity index (χ0) is 16.2. The molecule has 0 aliphatic rings. The standard InChI is InChI=1S/C18H17Cl2N3.ClH/c1-23-11-10-21-18(23)17(14-4-8-16(20)9-5-14)22-12-13-2-6-15(19)7-3-13;/h2-11,17,22H,12H2,1H3;1H. The Kier molecular flexibility index (Phi) is 6.69. The van der Waals surface area contributed by atoms with Crippen molar-refractivity contribution in [1.29, 1.82) is 0 Å². The average molecular weight is 383 g/mol. The second kappa shape index (κ2) is 8.54. The molecule has 24 heavy (non-hydrogen) atoms. The first-order chi connectivity index (χ1) is 11.1. The van der Waals surface area contributed by atoms with Crippen molar-refractivity contribution in [2.45, 2.75) is 12.6 Å². The number of imidazole rings is 1. The van der Waals surface area contributed by atoms with Crippen LogP contribution in [0.4, 0.5) is 0 Å². The Morgan fingerprint density at radius 2 is 1.58 bits per heavy atom. The highest BCUT2D eigenvalue weighted by Crippen LogP contribution is 2.23. The molecule has 0 saturated carbocycles. The monoisotopic (exact) mass is 381 g/mol. The van der Waals surface area contributed by atoms with Crippen LogP contribution >= 0.6 is 35.6 Å². The van der Waals surface area contributed by atoms with Crippen LogP contribution in [-0.2, 0) is 13.6 Å². The van der Waals surface area contributed by atoms with Gasteiger partial charge in [0.15, 0.2) is 0 Å². The van der Waals surface area contributed by atoms with Crippen molar-refractivity contribution in [3.63, 3.8) is 0 Å². The van der Waals surface area contributed by atoms with Crippen LogP contribution in [0.2, 0.25) is 10.0 Å². The van der Waals surface area contributed by atoms with Crippen LogP contribution in [0.1, 0.15) is 23.0 Å². The SMILES string of the molecule is Cl.Cn1ccnc1C(NCc1ccc(Cl)cc1)c1ccc(Cl)cc1. The van der Waals surface area contributed by atoms with Gasteiger partial charge >= 0.3 is 0 Å². The lowest BCUT2D eigenvalue weighted by Crippen LogP contribution is -2.24. The molecule has 0 spiro atoms. The molecule has 0 radical (unpaired) electrons. The Morgan fingerprint density at radius 3 is 2.12 bits per heavy atom. The molecule has 0 bridgehead atoms. The first-order valence-electron chi connectivity index (χ1n) is 7.34. The van der Waals surface area contributed by atoms with E-state index >= 15 is 0 Å². The molecular formula is C18H18Cl3N3. The minimum Gasteiger partial charge on any atom is -0.336 e. The van der Waals surface area contributed by atoms with Gasteiger partial charge in [-0.05, 0) is 35.4 Å². The maximum absolute atomic E-state index is 6.01. The second-order valence-corrected chi connectivity index (χ2v) is 6.26. The van der Waals surface area contributed by atoms with Gasteiger partial charge in [-0.25, -0.2) is 4.98 Å². The molecule has 0 fully saturated rings. The first-order valence-corrected chi connectivity index (χ1v) is 8.09. The summed E-state index contributed by atoms with van der Waals surface area (Å²) in [5, 5.41) is 5.03. The maximum Gasteiger partial charge on any atom is 0.130 e. The van der Waals surface area contributed by atoms with Crippen molar-refractivity contribution >= 4 is 35.6 Å². The number of benzene rings is 2. The molecule has 0 saturated heterocycles. The molecule has 1 N–H and O–H groups in total. The van der Waals surface area contributed by atoms with Crippen LogP contribution in [0.3, 0.4) is 0 Å².